The van der Waals surface area contributed by atoms with Crippen LogP contribution < -0.4 is 11.1 Å². The fourth-order valence-corrected chi connectivity index (χ4v) is 5.50. The molecule has 3 N–H and O–H groups in total. The highest BCUT2D eigenvalue weighted by molar-refractivity contribution is 7.15. The maximum Gasteiger partial charge on any atom is 0.233 e. The van der Waals surface area contributed by atoms with Crippen molar-refractivity contribution in [2.24, 2.45) is 5.73 Å². The summed E-state index contributed by atoms with van der Waals surface area (Å²) in [5.41, 5.74) is 8.36. The number of nitrogens with two attached hydrogens (primary N) is 1. The lowest BCUT2D eigenvalue weighted by Gasteiger charge is -2.21. The van der Waals surface area contributed by atoms with E-state index < -0.39 is 0 Å². The second-order valence-corrected chi connectivity index (χ2v) is 8.21. The molecule has 2 aromatic heterocycles. The SMILES string of the molecule is N[C@H]1CCc2nc(NC(=O)C3CCCc4sccc43)sc2C1. The smallest absolute Gasteiger partial charge is 0.233 e. The van der Waals surface area contributed by atoms with Gasteiger partial charge < -0.3 is 11.1 Å². The molecule has 2 aliphatic carbocycles. The van der Waals surface area contributed by atoms with Gasteiger partial charge in [0.2, 0.25) is 5.91 Å². The molecule has 1 amide bonds. The first-order valence-electron chi connectivity index (χ1n) is 7.82. The Morgan fingerprint density at radius 2 is 2.23 bits per heavy atom. The molecule has 4 nitrogen and oxygen atoms in total. The molecule has 0 saturated carbocycles. The molecule has 6 heteroatoms. The number of nitrogens with zero attached hydrogens (tertiary/aromatic N) is 1. The average molecular weight is 333 g/mol. The number of carbonyl (C=O) groups is 1. The predicted molar refractivity (Wildman–Crippen MR) is 90.7 cm³/mol. The van der Waals surface area contributed by atoms with Crippen LogP contribution in [0.5, 0.6) is 0 Å². The third-order valence-electron chi connectivity index (χ3n) is 4.58. The van der Waals surface area contributed by atoms with E-state index in [0.29, 0.717) is 0 Å². The molecule has 2 atom stereocenters. The normalized spacial score (nSPS) is 23.7. The van der Waals surface area contributed by atoms with Gasteiger partial charge in [0.15, 0.2) is 5.13 Å². The van der Waals surface area contributed by atoms with E-state index in [1.165, 1.54) is 15.3 Å². The lowest BCUT2D eigenvalue weighted by molar-refractivity contribution is -0.117. The van der Waals surface area contributed by atoms with E-state index in [1.807, 2.05) is 0 Å². The summed E-state index contributed by atoms with van der Waals surface area (Å²) in [5, 5.41) is 5.89. The van der Waals surface area contributed by atoms with Crippen LogP contribution in [-0.2, 0) is 24.1 Å². The Bertz CT molecular complexity index is 706. The van der Waals surface area contributed by atoms with Gasteiger partial charge in [-0.3, -0.25) is 4.79 Å². The van der Waals surface area contributed by atoms with Gasteiger partial charge in [0.1, 0.15) is 0 Å². The quantitative estimate of drug-likeness (QED) is 0.887. The largest absolute Gasteiger partial charge is 0.327 e. The maximum absolute atomic E-state index is 12.6. The molecule has 22 heavy (non-hydrogen) atoms. The van der Waals surface area contributed by atoms with Crippen molar-refractivity contribution in [3.05, 3.63) is 32.5 Å². The molecule has 4 rings (SSSR count). The summed E-state index contributed by atoms with van der Waals surface area (Å²) in [4.78, 5) is 19.9. The molecule has 0 aromatic carbocycles. The first-order chi connectivity index (χ1) is 10.7. The van der Waals surface area contributed by atoms with Crippen molar-refractivity contribution in [3.8, 4) is 0 Å². The zero-order valence-corrected chi connectivity index (χ0v) is 13.9. The number of hydrogen-bond donors (Lipinski definition) is 2. The van der Waals surface area contributed by atoms with E-state index in [-0.39, 0.29) is 17.9 Å². The number of thiazole rings is 1. The minimum absolute atomic E-state index is 0.0156. The topological polar surface area (TPSA) is 68.0 Å². The molecule has 0 aliphatic heterocycles. The van der Waals surface area contributed by atoms with Crippen LogP contribution in [0.4, 0.5) is 5.13 Å². The van der Waals surface area contributed by atoms with Gasteiger partial charge in [0.25, 0.3) is 0 Å². The summed E-state index contributed by atoms with van der Waals surface area (Å²) in [6, 6.07) is 2.35. The van der Waals surface area contributed by atoms with Crippen molar-refractivity contribution in [1.82, 2.24) is 4.98 Å². The fraction of sp³-hybridized carbons (Fsp3) is 0.500. The molecule has 2 heterocycles. The summed E-state index contributed by atoms with van der Waals surface area (Å²) in [6.07, 6.45) is 5.95. The molecule has 0 spiro atoms. The lowest BCUT2D eigenvalue weighted by atomic mass is 9.87. The summed E-state index contributed by atoms with van der Waals surface area (Å²) in [7, 11) is 0. The highest BCUT2D eigenvalue weighted by Crippen LogP contribution is 2.36. The Kier molecular flexibility index (Phi) is 3.76. The van der Waals surface area contributed by atoms with Gasteiger partial charge in [-0.05, 0) is 55.5 Å². The van der Waals surface area contributed by atoms with Crippen LogP contribution in [-0.4, -0.2) is 16.9 Å². The zero-order valence-electron chi connectivity index (χ0n) is 12.3. The van der Waals surface area contributed by atoms with Gasteiger partial charge in [-0.25, -0.2) is 4.98 Å². The van der Waals surface area contributed by atoms with Crippen LogP contribution >= 0.6 is 22.7 Å². The third kappa shape index (κ3) is 2.59. The van der Waals surface area contributed by atoms with E-state index in [9.17, 15) is 4.79 Å². The molecule has 2 aromatic rings. The highest BCUT2D eigenvalue weighted by atomic mass is 32.1. The summed E-state index contributed by atoms with van der Waals surface area (Å²) >= 11 is 3.36. The summed E-state index contributed by atoms with van der Waals surface area (Å²) in [6.45, 7) is 0. The van der Waals surface area contributed by atoms with E-state index in [1.54, 1.807) is 22.7 Å². The zero-order chi connectivity index (χ0) is 15.1. The van der Waals surface area contributed by atoms with E-state index in [0.717, 1.165) is 49.4 Å². The van der Waals surface area contributed by atoms with E-state index in [2.05, 4.69) is 21.7 Å². The number of anilines is 1. The monoisotopic (exact) mass is 333 g/mol. The van der Waals surface area contributed by atoms with Crippen molar-refractivity contribution in [1.29, 1.82) is 0 Å². The number of aromatic nitrogens is 1. The first kappa shape index (κ1) is 14.4. The van der Waals surface area contributed by atoms with Gasteiger partial charge in [-0.1, -0.05) is 0 Å². The van der Waals surface area contributed by atoms with E-state index in [4.69, 9.17) is 5.73 Å². The number of nitrogens with one attached hydrogen (secondary N) is 1. The van der Waals surface area contributed by atoms with Crippen LogP contribution in [0.25, 0.3) is 0 Å². The molecule has 0 saturated heterocycles. The van der Waals surface area contributed by atoms with Crippen molar-refractivity contribution in [2.75, 3.05) is 5.32 Å². The van der Waals surface area contributed by atoms with Crippen molar-refractivity contribution in [2.45, 2.75) is 50.5 Å². The Hall–Kier alpha value is -1.24. The Morgan fingerprint density at radius 1 is 1.32 bits per heavy atom. The second-order valence-electron chi connectivity index (χ2n) is 6.12. The van der Waals surface area contributed by atoms with Crippen molar-refractivity contribution >= 4 is 33.7 Å². The molecule has 1 unspecified atom stereocenters. The number of carbonyl (C=O) groups excluding carboxylic acids is 1. The van der Waals surface area contributed by atoms with Gasteiger partial charge in [0, 0.05) is 15.8 Å². The van der Waals surface area contributed by atoms with Gasteiger partial charge in [0.05, 0.1) is 11.6 Å². The Balaban J connectivity index is 1.52. The molecular weight excluding hydrogens is 314 g/mol. The molecular formula is C16H19N3OS2. The number of aryl methyl sites for hydroxylation is 2. The number of fused-ring (bicyclic) bond motifs is 2. The Labute approximate surface area is 137 Å². The number of hydrogen-bond acceptors (Lipinski definition) is 5. The highest BCUT2D eigenvalue weighted by Gasteiger charge is 2.28. The minimum atomic E-state index is -0.0156. The molecule has 0 radical (unpaired) electrons. The van der Waals surface area contributed by atoms with Crippen LogP contribution in [0, 0.1) is 0 Å². The van der Waals surface area contributed by atoms with Crippen LogP contribution in [0.15, 0.2) is 11.4 Å². The van der Waals surface area contributed by atoms with Crippen LogP contribution in [0.2, 0.25) is 0 Å². The average Bonchev–Trinajstić information content (AvgIpc) is 3.11. The lowest BCUT2D eigenvalue weighted by Crippen LogP contribution is -2.27. The van der Waals surface area contributed by atoms with Gasteiger partial charge >= 0.3 is 0 Å². The molecule has 0 fully saturated rings. The van der Waals surface area contributed by atoms with E-state index >= 15 is 0 Å². The molecule has 2 aliphatic rings. The number of amides is 1. The first-order valence-corrected chi connectivity index (χ1v) is 9.51. The predicted octanol–water partition coefficient (Wildman–Crippen LogP) is 3.08. The summed E-state index contributed by atoms with van der Waals surface area (Å²) < 4.78 is 0. The minimum Gasteiger partial charge on any atom is -0.327 e. The van der Waals surface area contributed by atoms with Crippen molar-refractivity contribution < 1.29 is 4.79 Å². The van der Waals surface area contributed by atoms with Crippen molar-refractivity contribution in [3.63, 3.8) is 0 Å². The second kappa shape index (κ2) is 5.76. The molecule has 0 bridgehead atoms. The van der Waals surface area contributed by atoms with Gasteiger partial charge in [-0.15, -0.1) is 22.7 Å². The number of rotatable bonds is 2. The fourth-order valence-electron chi connectivity index (χ4n) is 3.41. The molecule has 116 valence electrons. The van der Waals surface area contributed by atoms with Gasteiger partial charge in [-0.2, -0.15) is 0 Å². The summed E-state index contributed by atoms with van der Waals surface area (Å²) in [5.74, 6) is 0.0768. The van der Waals surface area contributed by atoms with Crippen LogP contribution in [0.1, 0.15) is 46.2 Å². The number of thiophene rings is 1. The maximum atomic E-state index is 12.6. The third-order valence-corrected chi connectivity index (χ3v) is 6.61. The standard InChI is InChI=1S/C16H19N3OS2/c17-9-4-5-12-14(8-9)22-16(18-12)19-15(20)11-2-1-3-13-10(11)6-7-21-13/h6-7,9,11H,1-5,8,17H2,(H,18,19,20)/t9-,11?/m0/s1. The van der Waals surface area contributed by atoms with Crippen LogP contribution in [0.3, 0.4) is 0 Å². The Morgan fingerprint density at radius 3 is 3.14 bits per heavy atom.